The van der Waals surface area contributed by atoms with Crippen LogP contribution >= 0.6 is 0 Å². The third-order valence-electron chi connectivity index (χ3n) is 6.23. The van der Waals surface area contributed by atoms with Crippen LogP contribution in [0.2, 0.25) is 0 Å². The predicted molar refractivity (Wildman–Crippen MR) is 118 cm³/mol. The van der Waals surface area contributed by atoms with E-state index in [0.717, 1.165) is 17.0 Å². The summed E-state index contributed by atoms with van der Waals surface area (Å²) < 4.78 is 64.4. The van der Waals surface area contributed by atoms with Crippen molar-refractivity contribution in [1.29, 1.82) is 0 Å². The van der Waals surface area contributed by atoms with Gasteiger partial charge in [-0.3, -0.25) is 14.4 Å². The Bertz CT molecular complexity index is 1090. The molecule has 2 aromatic heterocycles. The van der Waals surface area contributed by atoms with E-state index >= 15 is 4.39 Å². The summed E-state index contributed by atoms with van der Waals surface area (Å²) in [5.41, 5.74) is -2.79. The molecule has 7 nitrogen and oxygen atoms in total. The van der Waals surface area contributed by atoms with E-state index in [1.807, 2.05) is 13.8 Å². The molecule has 0 bridgehead atoms. The maximum absolute atomic E-state index is 16.2. The third kappa shape index (κ3) is 4.66. The number of anilines is 2. The molecule has 4 heterocycles. The topological polar surface area (TPSA) is 63.5 Å². The van der Waals surface area contributed by atoms with Crippen LogP contribution in [0, 0.1) is 5.92 Å². The maximum Gasteiger partial charge on any atom is 0.416 e. The first-order valence-electron chi connectivity index (χ1n) is 11.2. The number of hydrogen-bond donors (Lipinski definition) is 0. The van der Waals surface area contributed by atoms with E-state index in [9.17, 15) is 18.0 Å². The number of rotatable bonds is 5. The molecule has 4 rings (SSSR count). The van der Waals surface area contributed by atoms with Crippen LogP contribution in [0.15, 0.2) is 36.8 Å². The highest BCUT2D eigenvalue weighted by molar-refractivity contribution is 6.02. The summed E-state index contributed by atoms with van der Waals surface area (Å²) in [6.45, 7) is 6.90. The van der Waals surface area contributed by atoms with E-state index in [-0.39, 0.29) is 24.2 Å². The van der Waals surface area contributed by atoms with Crippen LogP contribution in [0.25, 0.3) is 0 Å². The van der Waals surface area contributed by atoms with Crippen molar-refractivity contribution in [2.75, 3.05) is 29.5 Å². The number of amides is 1. The SMILES string of the molecule is CCn1cc(CC2(F)C(=O)N(c3cc(C(F)(F)F)cc(N4CCO[C@H](C)C4)n3)C=CC2C)cn1. The molecule has 0 N–H and O–H groups in total. The number of carbonyl (C=O) groups is 1. The lowest BCUT2D eigenvalue weighted by atomic mass is 9.82. The summed E-state index contributed by atoms with van der Waals surface area (Å²) in [6, 6.07) is 1.73. The van der Waals surface area contributed by atoms with Gasteiger partial charge in [0.05, 0.1) is 24.5 Å². The van der Waals surface area contributed by atoms with Crippen molar-refractivity contribution in [2.24, 2.45) is 5.92 Å². The van der Waals surface area contributed by atoms with E-state index in [1.54, 1.807) is 22.7 Å². The summed E-state index contributed by atoms with van der Waals surface area (Å²) in [4.78, 5) is 20.3. The Morgan fingerprint density at radius 2 is 1.97 bits per heavy atom. The van der Waals surface area contributed by atoms with Gasteiger partial charge >= 0.3 is 6.18 Å². The molecule has 2 aliphatic rings. The lowest BCUT2D eigenvalue weighted by Crippen LogP contribution is -2.52. The highest BCUT2D eigenvalue weighted by Gasteiger charge is 2.49. The number of ether oxygens (including phenoxy) is 1. The van der Waals surface area contributed by atoms with Gasteiger partial charge in [0, 0.05) is 44.4 Å². The number of nitrogens with zero attached hydrogens (tertiary/aromatic N) is 5. The van der Waals surface area contributed by atoms with Gasteiger partial charge in [-0.2, -0.15) is 18.3 Å². The van der Waals surface area contributed by atoms with Crippen LogP contribution < -0.4 is 9.80 Å². The van der Waals surface area contributed by atoms with Crippen molar-refractivity contribution in [3.05, 3.63) is 47.9 Å². The Hall–Kier alpha value is -2.95. The van der Waals surface area contributed by atoms with Crippen LogP contribution in [0.1, 0.15) is 31.9 Å². The van der Waals surface area contributed by atoms with Gasteiger partial charge in [0.15, 0.2) is 5.67 Å². The number of alkyl halides is 4. The summed E-state index contributed by atoms with van der Waals surface area (Å²) >= 11 is 0. The van der Waals surface area contributed by atoms with E-state index < -0.39 is 29.2 Å². The van der Waals surface area contributed by atoms with Crippen LogP contribution in [-0.4, -0.2) is 52.1 Å². The number of morpholine rings is 1. The summed E-state index contributed by atoms with van der Waals surface area (Å²) in [5, 5.41) is 4.12. The first-order chi connectivity index (χ1) is 16.0. The summed E-state index contributed by atoms with van der Waals surface area (Å²) in [5.74, 6) is -1.96. The monoisotopic (exact) mass is 481 g/mol. The Kier molecular flexibility index (Phi) is 6.41. The average molecular weight is 481 g/mol. The van der Waals surface area contributed by atoms with Crippen LogP contribution in [0.5, 0.6) is 0 Å². The molecule has 0 aliphatic carbocycles. The van der Waals surface area contributed by atoms with Crippen LogP contribution in [0.3, 0.4) is 0 Å². The van der Waals surface area contributed by atoms with E-state index in [2.05, 4.69) is 10.1 Å². The predicted octanol–water partition coefficient (Wildman–Crippen LogP) is 3.99. The minimum absolute atomic E-state index is 0.0634. The second kappa shape index (κ2) is 9.01. The number of aromatic nitrogens is 3. The highest BCUT2D eigenvalue weighted by Crippen LogP contribution is 2.38. The van der Waals surface area contributed by atoms with Crippen molar-refractivity contribution >= 4 is 17.5 Å². The average Bonchev–Trinajstić information content (AvgIpc) is 3.24. The van der Waals surface area contributed by atoms with E-state index in [4.69, 9.17) is 4.74 Å². The van der Waals surface area contributed by atoms with Crippen LogP contribution in [-0.2, 0) is 28.7 Å². The van der Waals surface area contributed by atoms with Gasteiger partial charge in [-0.25, -0.2) is 9.37 Å². The molecule has 1 saturated heterocycles. The normalized spacial score (nSPS) is 25.8. The standard InChI is InChI=1S/C23H27F4N5O2/c1-4-31-14-17(12-28-31)11-22(24)15(2)5-6-32(21(22)33)20-10-18(23(25,26)27)9-19(29-20)30-7-8-34-16(3)13-30/h5-6,9-10,12,14-16H,4,7-8,11,13H2,1-3H3/t15?,16-,22?/m1/s1. The van der Waals surface area contributed by atoms with Gasteiger partial charge in [-0.05, 0) is 31.5 Å². The second-order valence-electron chi connectivity index (χ2n) is 8.75. The Balaban J connectivity index is 1.71. The lowest BCUT2D eigenvalue weighted by Gasteiger charge is -2.37. The first kappa shape index (κ1) is 24.2. The molecule has 34 heavy (non-hydrogen) atoms. The number of hydrogen-bond acceptors (Lipinski definition) is 5. The molecule has 0 saturated carbocycles. The molecular formula is C23H27F4N5O2. The molecule has 11 heteroatoms. The van der Waals surface area contributed by atoms with Crippen molar-refractivity contribution in [2.45, 2.75) is 51.7 Å². The molecule has 0 spiro atoms. The lowest BCUT2D eigenvalue weighted by molar-refractivity contribution is -0.137. The molecule has 2 aliphatic heterocycles. The minimum atomic E-state index is -4.66. The fourth-order valence-corrected chi connectivity index (χ4v) is 4.19. The zero-order valence-electron chi connectivity index (χ0n) is 19.2. The van der Waals surface area contributed by atoms with Gasteiger partial charge in [0.25, 0.3) is 5.91 Å². The van der Waals surface area contributed by atoms with E-state index in [0.29, 0.717) is 31.8 Å². The van der Waals surface area contributed by atoms with Crippen molar-refractivity contribution in [3.8, 4) is 0 Å². The smallest absolute Gasteiger partial charge is 0.375 e. The first-order valence-corrected chi connectivity index (χ1v) is 11.2. The maximum atomic E-state index is 16.2. The zero-order valence-corrected chi connectivity index (χ0v) is 19.2. The zero-order chi connectivity index (χ0) is 24.7. The van der Waals surface area contributed by atoms with Gasteiger partial charge in [-0.1, -0.05) is 13.0 Å². The third-order valence-corrected chi connectivity index (χ3v) is 6.23. The van der Waals surface area contributed by atoms with Crippen LogP contribution in [0.4, 0.5) is 29.2 Å². The molecule has 1 fully saturated rings. The number of aryl methyl sites for hydroxylation is 1. The molecule has 2 aromatic rings. The van der Waals surface area contributed by atoms with E-state index in [1.165, 1.54) is 18.5 Å². The van der Waals surface area contributed by atoms with Gasteiger partial charge in [-0.15, -0.1) is 0 Å². The van der Waals surface area contributed by atoms with Gasteiger partial charge in [0.2, 0.25) is 0 Å². The fraction of sp³-hybridized carbons (Fsp3) is 0.522. The molecule has 1 amide bonds. The van der Waals surface area contributed by atoms with Crippen molar-refractivity contribution < 1.29 is 27.1 Å². The summed E-state index contributed by atoms with van der Waals surface area (Å²) in [7, 11) is 0. The number of carbonyl (C=O) groups excluding carboxylic acids is 1. The molecule has 3 atom stereocenters. The van der Waals surface area contributed by atoms with Crippen molar-refractivity contribution in [3.63, 3.8) is 0 Å². The molecule has 0 aromatic carbocycles. The highest BCUT2D eigenvalue weighted by atomic mass is 19.4. The van der Waals surface area contributed by atoms with Gasteiger partial charge in [0.1, 0.15) is 11.6 Å². The summed E-state index contributed by atoms with van der Waals surface area (Å²) in [6.07, 6.45) is 0.826. The number of halogens is 4. The second-order valence-corrected chi connectivity index (χ2v) is 8.75. The Morgan fingerprint density at radius 3 is 2.62 bits per heavy atom. The molecular weight excluding hydrogens is 454 g/mol. The molecule has 184 valence electrons. The number of allylic oxidation sites excluding steroid dienone is 1. The largest absolute Gasteiger partial charge is 0.416 e. The fourth-order valence-electron chi connectivity index (χ4n) is 4.19. The molecule has 2 unspecified atom stereocenters. The van der Waals surface area contributed by atoms with Gasteiger partial charge < -0.3 is 9.64 Å². The molecule has 0 radical (unpaired) electrons. The van der Waals surface area contributed by atoms with Crippen molar-refractivity contribution in [1.82, 2.24) is 14.8 Å². The minimum Gasteiger partial charge on any atom is -0.375 e. The Morgan fingerprint density at radius 1 is 1.24 bits per heavy atom. The Labute approximate surface area is 195 Å². The quantitative estimate of drug-likeness (QED) is 0.605. The number of pyridine rings is 1.